The summed E-state index contributed by atoms with van der Waals surface area (Å²) in [6.07, 6.45) is 1.07. The van der Waals surface area contributed by atoms with Gasteiger partial charge in [-0.2, -0.15) is 0 Å². The first kappa shape index (κ1) is 11.3. The predicted octanol–water partition coefficient (Wildman–Crippen LogP) is 3.55. The summed E-state index contributed by atoms with van der Waals surface area (Å²) in [4.78, 5) is 11.6. The summed E-state index contributed by atoms with van der Waals surface area (Å²) in [6, 6.07) is 2.15. The Balaban J connectivity index is 2.62. The van der Waals surface area contributed by atoms with Crippen molar-refractivity contribution in [1.82, 2.24) is 9.97 Å². The molecule has 0 amide bonds. The number of aryl methyl sites for hydroxylation is 1. The second kappa shape index (κ2) is 4.37. The van der Waals surface area contributed by atoms with E-state index in [1.165, 1.54) is 4.88 Å². The van der Waals surface area contributed by atoms with Crippen molar-refractivity contribution >= 4 is 27.4 Å². The van der Waals surface area contributed by atoms with Crippen LogP contribution in [0.15, 0.2) is 6.07 Å². The molecule has 1 atom stereocenters. The first-order chi connectivity index (χ1) is 7.65. The van der Waals surface area contributed by atoms with Crippen molar-refractivity contribution in [1.29, 1.82) is 0 Å². The molecular formula is C12H17N3S. The maximum absolute atomic E-state index is 4.64. The molecule has 1 unspecified atom stereocenters. The van der Waals surface area contributed by atoms with Crippen molar-refractivity contribution in [3.05, 3.63) is 16.8 Å². The van der Waals surface area contributed by atoms with Crippen LogP contribution in [0.5, 0.6) is 0 Å². The van der Waals surface area contributed by atoms with Gasteiger partial charge < -0.3 is 5.32 Å². The molecule has 0 aliphatic heterocycles. The van der Waals surface area contributed by atoms with Crippen molar-refractivity contribution in [2.45, 2.75) is 33.1 Å². The quantitative estimate of drug-likeness (QED) is 0.884. The minimum Gasteiger partial charge on any atom is -0.372 e. The standard InChI is InChI=1S/C12H17N3S/c1-5-7(2)10-14-11(13-4)9-6-8(3)16-12(9)15-10/h6-7H,5H2,1-4H3,(H,13,14,15). The van der Waals surface area contributed by atoms with Gasteiger partial charge in [-0.15, -0.1) is 11.3 Å². The Bertz CT molecular complexity index is 504. The van der Waals surface area contributed by atoms with Crippen LogP contribution in [0.4, 0.5) is 5.82 Å². The zero-order valence-electron chi connectivity index (χ0n) is 10.2. The van der Waals surface area contributed by atoms with Crippen molar-refractivity contribution in [3.8, 4) is 0 Å². The first-order valence-electron chi connectivity index (χ1n) is 5.61. The number of hydrogen-bond acceptors (Lipinski definition) is 4. The molecule has 2 rings (SSSR count). The van der Waals surface area contributed by atoms with E-state index in [1.54, 1.807) is 11.3 Å². The van der Waals surface area contributed by atoms with Gasteiger partial charge in [0.05, 0.1) is 5.39 Å². The number of nitrogens with zero attached hydrogens (tertiary/aromatic N) is 2. The van der Waals surface area contributed by atoms with Crippen LogP contribution in [0.3, 0.4) is 0 Å². The third-order valence-electron chi connectivity index (χ3n) is 2.82. The van der Waals surface area contributed by atoms with Crippen LogP contribution in [0.1, 0.15) is 36.9 Å². The molecule has 3 nitrogen and oxygen atoms in total. The van der Waals surface area contributed by atoms with Gasteiger partial charge in [0, 0.05) is 17.8 Å². The van der Waals surface area contributed by atoms with Crippen molar-refractivity contribution in [3.63, 3.8) is 0 Å². The minimum atomic E-state index is 0.416. The zero-order chi connectivity index (χ0) is 11.7. The molecule has 0 aliphatic rings. The molecule has 16 heavy (non-hydrogen) atoms. The fourth-order valence-electron chi connectivity index (χ4n) is 1.65. The van der Waals surface area contributed by atoms with E-state index in [-0.39, 0.29) is 0 Å². The van der Waals surface area contributed by atoms with Crippen molar-refractivity contribution < 1.29 is 0 Å². The summed E-state index contributed by atoms with van der Waals surface area (Å²) in [5.74, 6) is 2.31. The number of rotatable bonds is 3. The fourth-order valence-corrected chi connectivity index (χ4v) is 2.54. The molecule has 2 aromatic rings. The summed E-state index contributed by atoms with van der Waals surface area (Å²) >= 11 is 1.73. The van der Waals surface area contributed by atoms with E-state index in [0.29, 0.717) is 5.92 Å². The molecule has 86 valence electrons. The predicted molar refractivity (Wildman–Crippen MR) is 70.4 cm³/mol. The molecule has 0 aromatic carbocycles. The highest BCUT2D eigenvalue weighted by Crippen LogP contribution is 2.30. The first-order valence-corrected chi connectivity index (χ1v) is 6.43. The van der Waals surface area contributed by atoms with Crippen LogP contribution < -0.4 is 5.32 Å². The topological polar surface area (TPSA) is 37.8 Å². The fraction of sp³-hybridized carbons (Fsp3) is 0.500. The highest BCUT2D eigenvalue weighted by Gasteiger charge is 2.12. The van der Waals surface area contributed by atoms with Gasteiger partial charge in [-0.05, 0) is 19.4 Å². The molecule has 0 bridgehead atoms. The van der Waals surface area contributed by atoms with Gasteiger partial charge in [-0.1, -0.05) is 13.8 Å². The maximum Gasteiger partial charge on any atom is 0.138 e. The Hall–Kier alpha value is -1.16. The lowest BCUT2D eigenvalue weighted by Gasteiger charge is -2.09. The third-order valence-corrected chi connectivity index (χ3v) is 3.77. The minimum absolute atomic E-state index is 0.416. The van der Waals surface area contributed by atoms with Gasteiger partial charge in [0.2, 0.25) is 0 Å². The lowest BCUT2D eigenvalue weighted by Crippen LogP contribution is -2.03. The van der Waals surface area contributed by atoms with Crippen LogP contribution in [-0.2, 0) is 0 Å². The Labute approximate surface area is 99.9 Å². The van der Waals surface area contributed by atoms with Crippen molar-refractivity contribution in [2.75, 3.05) is 12.4 Å². The van der Waals surface area contributed by atoms with Gasteiger partial charge in [0.25, 0.3) is 0 Å². The van der Waals surface area contributed by atoms with Crippen LogP contribution in [0, 0.1) is 6.92 Å². The lowest BCUT2D eigenvalue weighted by atomic mass is 10.1. The Morgan fingerprint density at radius 3 is 2.81 bits per heavy atom. The maximum atomic E-state index is 4.64. The van der Waals surface area contributed by atoms with Crippen LogP contribution in [0.2, 0.25) is 0 Å². The number of hydrogen-bond donors (Lipinski definition) is 1. The molecule has 0 spiro atoms. The van der Waals surface area contributed by atoms with Gasteiger partial charge in [0.15, 0.2) is 0 Å². The number of anilines is 1. The van der Waals surface area contributed by atoms with Gasteiger partial charge in [0.1, 0.15) is 16.5 Å². The van der Waals surface area contributed by atoms with Gasteiger partial charge in [-0.25, -0.2) is 9.97 Å². The summed E-state index contributed by atoms with van der Waals surface area (Å²) in [5, 5.41) is 4.29. The second-order valence-corrected chi connectivity index (χ2v) is 5.30. The van der Waals surface area contributed by atoms with E-state index in [4.69, 9.17) is 0 Å². The molecule has 0 saturated carbocycles. The van der Waals surface area contributed by atoms with Crippen LogP contribution >= 0.6 is 11.3 Å². The SMILES string of the molecule is CCC(C)c1nc(NC)c2cc(C)sc2n1. The number of aromatic nitrogens is 2. The molecule has 2 heterocycles. The number of thiophene rings is 1. The Morgan fingerprint density at radius 1 is 1.44 bits per heavy atom. The van der Waals surface area contributed by atoms with Crippen LogP contribution in [-0.4, -0.2) is 17.0 Å². The Kier molecular flexibility index (Phi) is 3.10. The molecule has 0 aliphatic carbocycles. The highest BCUT2D eigenvalue weighted by molar-refractivity contribution is 7.18. The van der Waals surface area contributed by atoms with E-state index in [2.05, 4.69) is 42.1 Å². The third kappa shape index (κ3) is 1.89. The summed E-state index contributed by atoms with van der Waals surface area (Å²) in [7, 11) is 1.91. The molecule has 2 aromatic heterocycles. The summed E-state index contributed by atoms with van der Waals surface area (Å²) < 4.78 is 0. The monoisotopic (exact) mass is 235 g/mol. The van der Waals surface area contributed by atoms with E-state index >= 15 is 0 Å². The molecule has 0 fully saturated rings. The molecule has 4 heteroatoms. The van der Waals surface area contributed by atoms with Gasteiger partial charge in [-0.3, -0.25) is 0 Å². The molecule has 1 N–H and O–H groups in total. The summed E-state index contributed by atoms with van der Waals surface area (Å²) in [5.41, 5.74) is 0. The average molecular weight is 235 g/mol. The highest BCUT2D eigenvalue weighted by atomic mass is 32.1. The van der Waals surface area contributed by atoms with E-state index < -0.39 is 0 Å². The average Bonchev–Trinajstić information content (AvgIpc) is 2.66. The number of nitrogens with one attached hydrogen (secondary N) is 1. The van der Waals surface area contributed by atoms with Gasteiger partial charge >= 0.3 is 0 Å². The normalized spacial score (nSPS) is 13.0. The van der Waals surface area contributed by atoms with Crippen molar-refractivity contribution in [2.24, 2.45) is 0 Å². The lowest BCUT2D eigenvalue weighted by molar-refractivity contribution is 0.685. The van der Waals surface area contributed by atoms with E-state index in [9.17, 15) is 0 Å². The molecule has 0 saturated heterocycles. The smallest absolute Gasteiger partial charge is 0.138 e. The molecule has 0 radical (unpaired) electrons. The second-order valence-electron chi connectivity index (χ2n) is 4.07. The summed E-state index contributed by atoms with van der Waals surface area (Å²) in [6.45, 7) is 6.44. The number of fused-ring (bicyclic) bond motifs is 1. The molecular weight excluding hydrogens is 218 g/mol. The zero-order valence-corrected chi connectivity index (χ0v) is 11.0. The largest absolute Gasteiger partial charge is 0.372 e. The van der Waals surface area contributed by atoms with E-state index in [1.807, 2.05) is 7.05 Å². The van der Waals surface area contributed by atoms with Crippen LogP contribution in [0.25, 0.3) is 10.2 Å². The van der Waals surface area contributed by atoms with E-state index in [0.717, 1.165) is 28.3 Å². The Morgan fingerprint density at radius 2 is 2.19 bits per heavy atom.